The molecule has 0 aliphatic rings. The molecule has 0 radical (unpaired) electrons. The van der Waals surface area contributed by atoms with Gasteiger partial charge in [0.15, 0.2) is 0 Å². The highest BCUT2D eigenvalue weighted by atomic mass is 16.6. The number of carbonyl (C=O) groups is 4. The SMILES string of the molecule is C=Cc1nccc(C)c1N(C(=O)OC(C)(C)C)C(=O)OC(C)(C)C.C=Cc1nccc(C)c1N(C(=O)OC(C)(C)C)C(=O)OC(C)(C)C. The van der Waals surface area contributed by atoms with Crippen molar-refractivity contribution in [1.82, 2.24) is 9.97 Å². The maximum atomic E-state index is 12.6. The molecule has 0 atom stereocenters. The second-order valence-electron chi connectivity index (χ2n) is 14.7. The van der Waals surface area contributed by atoms with Crippen molar-refractivity contribution in [1.29, 1.82) is 0 Å². The molecule has 0 spiro atoms. The van der Waals surface area contributed by atoms with Crippen LogP contribution in [0.3, 0.4) is 0 Å². The molecule has 0 unspecified atom stereocenters. The Balaban J connectivity index is 0.000000480. The predicted molar refractivity (Wildman–Crippen MR) is 188 cm³/mol. The quantitative estimate of drug-likeness (QED) is 0.290. The minimum absolute atomic E-state index is 0.302. The molecule has 2 aromatic heterocycles. The number of anilines is 2. The molecule has 0 aromatic carbocycles. The van der Waals surface area contributed by atoms with E-state index in [1.54, 1.807) is 121 Å². The first kappa shape index (κ1) is 41.3. The molecule has 2 aromatic rings. The van der Waals surface area contributed by atoms with E-state index < -0.39 is 46.8 Å². The maximum absolute atomic E-state index is 12.6. The molecule has 0 bridgehead atoms. The maximum Gasteiger partial charge on any atom is 0.424 e. The van der Waals surface area contributed by atoms with Crippen LogP contribution >= 0.6 is 0 Å². The fraction of sp³-hybridized carbons (Fsp3) is 0.500. The Hall–Kier alpha value is -4.74. The molecular weight excluding hydrogens is 616 g/mol. The van der Waals surface area contributed by atoms with Gasteiger partial charge in [-0.1, -0.05) is 13.2 Å². The molecular formula is C36H52N4O8. The van der Waals surface area contributed by atoms with Crippen molar-refractivity contribution < 1.29 is 38.1 Å². The molecule has 48 heavy (non-hydrogen) atoms. The highest BCUT2D eigenvalue weighted by Crippen LogP contribution is 2.30. The Morgan fingerprint density at radius 1 is 0.542 bits per heavy atom. The van der Waals surface area contributed by atoms with Gasteiger partial charge in [0.1, 0.15) is 22.4 Å². The summed E-state index contributed by atoms with van der Waals surface area (Å²) in [7, 11) is 0. The van der Waals surface area contributed by atoms with Crippen molar-refractivity contribution >= 4 is 47.9 Å². The zero-order valence-electron chi connectivity index (χ0n) is 30.9. The first-order chi connectivity index (χ1) is 21.7. The van der Waals surface area contributed by atoms with Crippen molar-refractivity contribution in [2.75, 3.05) is 9.80 Å². The number of hydrogen-bond acceptors (Lipinski definition) is 10. The third kappa shape index (κ3) is 13.2. The third-order valence-electron chi connectivity index (χ3n) is 5.45. The zero-order chi connectivity index (χ0) is 37.4. The lowest BCUT2D eigenvalue weighted by Gasteiger charge is -2.29. The summed E-state index contributed by atoms with van der Waals surface area (Å²) >= 11 is 0. The monoisotopic (exact) mass is 668 g/mol. The molecule has 0 saturated carbocycles. The van der Waals surface area contributed by atoms with Gasteiger partial charge in [-0.2, -0.15) is 9.80 Å². The van der Waals surface area contributed by atoms with E-state index in [-0.39, 0.29) is 0 Å². The van der Waals surface area contributed by atoms with Crippen LogP contribution in [-0.4, -0.2) is 56.7 Å². The normalized spacial score (nSPS) is 11.6. The molecule has 0 N–H and O–H groups in total. The van der Waals surface area contributed by atoms with Crippen molar-refractivity contribution in [2.24, 2.45) is 0 Å². The Kier molecular flexibility index (Phi) is 13.7. The van der Waals surface area contributed by atoms with Gasteiger partial charge in [0.25, 0.3) is 0 Å². The van der Waals surface area contributed by atoms with Crippen molar-refractivity contribution in [3.05, 3.63) is 60.2 Å². The van der Waals surface area contributed by atoms with Gasteiger partial charge >= 0.3 is 24.4 Å². The lowest BCUT2D eigenvalue weighted by atomic mass is 10.1. The van der Waals surface area contributed by atoms with Crippen LogP contribution in [-0.2, 0) is 18.9 Å². The van der Waals surface area contributed by atoms with Crippen LogP contribution in [0.15, 0.2) is 37.7 Å². The lowest BCUT2D eigenvalue weighted by Crippen LogP contribution is -2.44. The smallest absolute Gasteiger partial charge is 0.424 e. The van der Waals surface area contributed by atoms with Crippen molar-refractivity contribution in [2.45, 2.75) is 119 Å². The summed E-state index contributed by atoms with van der Waals surface area (Å²) in [6.45, 7) is 31.6. The summed E-state index contributed by atoms with van der Waals surface area (Å²) in [6.07, 6.45) is 2.82. The van der Waals surface area contributed by atoms with Gasteiger partial charge in [0, 0.05) is 12.4 Å². The molecule has 0 fully saturated rings. The van der Waals surface area contributed by atoms with Crippen molar-refractivity contribution in [3.63, 3.8) is 0 Å². The number of imide groups is 2. The fourth-order valence-electron chi connectivity index (χ4n) is 3.77. The van der Waals surface area contributed by atoms with Gasteiger partial charge in [-0.05, 0) is 132 Å². The van der Waals surface area contributed by atoms with Crippen LogP contribution < -0.4 is 9.80 Å². The highest BCUT2D eigenvalue weighted by molar-refractivity contribution is 6.12. The summed E-state index contributed by atoms with van der Waals surface area (Å²) in [6, 6.07) is 3.40. The van der Waals surface area contributed by atoms with E-state index in [0.717, 1.165) is 9.80 Å². The molecule has 2 rings (SSSR count). The van der Waals surface area contributed by atoms with Gasteiger partial charge in [0.05, 0.1) is 22.8 Å². The average Bonchev–Trinajstić information content (AvgIpc) is 2.87. The number of aromatic nitrogens is 2. The van der Waals surface area contributed by atoms with Gasteiger partial charge in [-0.25, -0.2) is 19.2 Å². The molecule has 264 valence electrons. The van der Waals surface area contributed by atoms with Crippen LogP contribution in [0.4, 0.5) is 30.6 Å². The third-order valence-corrected chi connectivity index (χ3v) is 5.45. The standard InChI is InChI=1S/2C18H26N2O4/c2*1-9-13-14(12(2)10-11-19-13)20(15(21)23-17(3,4)5)16(22)24-18(6,7)8/h2*9-11H,1H2,2-8H3. The van der Waals surface area contributed by atoms with Crippen LogP contribution in [0.25, 0.3) is 12.2 Å². The van der Waals surface area contributed by atoms with E-state index in [1.165, 1.54) is 12.2 Å². The van der Waals surface area contributed by atoms with Crippen LogP contribution in [0.2, 0.25) is 0 Å². The Labute approximate surface area is 285 Å². The second kappa shape index (κ2) is 15.9. The van der Waals surface area contributed by atoms with E-state index >= 15 is 0 Å². The highest BCUT2D eigenvalue weighted by Gasteiger charge is 2.36. The predicted octanol–water partition coefficient (Wildman–Crippen LogP) is 9.42. The second-order valence-corrected chi connectivity index (χ2v) is 14.7. The van der Waals surface area contributed by atoms with Gasteiger partial charge < -0.3 is 18.9 Å². The number of hydrogen-bond donors (Lipinski definition) is 0. The van der Waals surface area contributed by atoms with E-state index in [0.29, 0.717) is 33.9 Å². The number of ether oxygens (including phenoxy) is 4. The number of nitrogens with zero attached hydrogens (tertiary/aromatic N) is 4. The van der Waals surface area contributed by atoms with Gasteiger partial charge in [0.2, 0.25) is 0 Å². The number of aryl methyl sites for hydroxylation is 2. The fourth-order valence-corrected chi connectivity index (χ4v) is 3.77. The molecule has 12 heteroatoms. The van der Waals surface area contributed by atoms with E-state index in [4.69, 9.17) is 18.9 Å². The summed E-state index contributed by atoms with van der Waals surface area (Å²) in [5.74, 6) is 0. The van der Waals surface area contributed by atoms with Gasteiger partial charge in [-0.15, -0.1) is 0 Å². The largest absolute Gasteiger partial charge is 0.443 e. The number of carbonyl (C=O) groups excluding carboxylic acids is 4. The molecule has 0 aliphatic carbocycles. The zero-order valence-corrected chi connectivity index (χ0v) is 30.9. The molecule has 0 aliphatic heterocycles. The minimum Gasteiger partial charge on any atom is -0.443 e. The van der Waals surface area contributed by atoms with Crippen LogP contribution in [0, 0.1) is 13.8 Å². The van der Waals surface area contributed by atoms with Crippen LogP contribution in [0.1, 0.15) is 106 Å². The molecule has 12 nitrogen and oxygen atoms in total. The van der Waals surface area contributed by atoms with Gasteiger partial charge in [-0.3, -0.25) is 9.97 Å². The average molecular weight is 669 g/mol. The minimum atomic E-state index is -0.823. The van der Waals surface area contributed by atoms with E-state index in [1.807, 2.05) is 0 Å². The van der Waals surface area contributed by atoms with Crippen molar-refractivity contribution in [3.8, 4) is 0 Å². The Bertz CT molecular complexity index is 1340. The molecule has 4 amide bonds. The van der Waals surface area contributed by atoms with Crippen LogP contribution in [0.5, 0.6) is 0 Å². The molecule has 2 heterocycles. The first-order valence-electron chi connectivity index (χ1n) is 15.4. The molecule has 0 saturated heterocycles. The summed E-state index contributed by atoms with van der Waals surface area (Å²) < 4.78 is 21.5. The number of pyridine rings is 2. The lowest BCUT2D eigenvalue weighted by molar-refractivity contribution is 0.0408. The summed E-state index contributed by atoms with van der Waals surface area (Å²) in [4.78, 5) is 60.7. The van der Waals surface area contributed by atoms with E-state index in [9.17, 15) is 19.2 Å². The number of rotatable bonds is 4. The Morgan fingerprint density at radius 3 is 0.958 bits per heavy atom. The summed E-state index contributed by atoms with van der Waals surface area (Å²) in [5, 5.41) is 0. The van der Waals surface area contributed by atoms with E-state index in [2.05, 4.69) is 23.1 Å². The first-order valence-corrected chi connectivity index (χ1v) is 15.4. The topological polar surface area (TPSA) is 137 Å². The number of amides is 4. The Morgan fingerprint density at radius 2 is 0.771 bits per heavy atom. The summed E-state index contributed by atoms with van der Waals surface area (Å²) in [5.41, 5.74) is -0.300.